The number of carbonyl (C=O) groups is 3. The topological polar surface area (TPSA) is 70.2 Å². The van der Waals surface area contributed by atoms with Gasteiger partial charge >= 0.3 is 0 Å². The Morgan fingerprint density at radius 2 is 2.12 bits per heavy atom. The van der Waals surface area contributed by atoms with Gasteiger partial charge in [-0.2, -0.15) is 0 Å². The molecule has 1 aromatic rings. The quantitative estimate of drug-likeness (QED) is 0.757. The zero-order valence-corrected chi connectivity index (χ0v) is 14.7. The highest BCUT2D eigenvalue weighted by molar-refractivity contribution is 6.31. The number of halogens is 1. The Labute approximate surface area is 151 Å². The normalized spacial score (nSPS) is 17.1. The van der Waals surface area contributed by atoms with Crippen molar-refractivity contribution in [3.8, 4) is 0 Å². The van der Waals surface area contributed by atoms with Crippen LogP contribution in [0.4, 0.5) is 5.69 Å². The molecule has 1 saturated carbocycles. The zero-order valence-electron chi connectivity index (χ0n) is 14.0. The lowest BCUT2D eigenvalue weighted by atomic mass is 10.3. The minimum atomic E-state index is -0.241. The van der Waals surface area contributed by atoms with Gasteiger partial charge in [-0.3, -0.25) is 19.3 Å². The second-order valence-electron chi connectivity index (χ2n) is 6.22. The van der Waals surface area contributed by atoms with Crippen LogP contribution in [0, 0.1) is 0 Å². The van der Waals surface area contributed by atoms with Gasteiger partial charge in [-0.25, -0.2) is 0 Å². The summed E-state index contributed by atoms with van der Waals surface area (Å²) in [6.07, 6.45) is 1.80. The number of nitrogens with zero attached hydrogens (tertiary/aromatic N) is 3. The Hall–Kier alpha value is -2.12. The van der Waals surface area contributed by atoms with Crippen LogP contribution in [-0.2, 0) is 19.1 Å². The fraction of sp³-hybridized carbons (Fsp3) is 0.471. The van der Waals surface area contributed by atoms with E-state index in [1.165, 1.54) is 16.9 Å². The van der Waals surface area contributed by atoms with Crippen LogP contribution in [0.15, 0.2) is 24.3 Å². The minimum absolute atomic E-state index is 0.00230. The molecule has 7 nitrogen and oxygen atoms in total. The molecule has 2 aliphatic rings. The molecular weight excluding hydrogens is 346 g/mol. The van der Waals surface area contributed by atoms with E-state index in [1.54, 1.807) is 29.2 Å². The van der Waals surface area contributed by atoms with Crippen molar-refractivity contribution in [3.63, 3.8) is 0 Å². The number of ether oxygens (including phenoxy) is 1. The molecule has 0 radical (unpaired) electrons. The van der Waals surface area contributed by atoms with E-state index in [0.717, 1.165) is 12.8 Å². The lowest BCUT2D eigenvalue weighted by Gasteiger charge is -2.24. The van der Waals surface area contributed by atoms with Crippen LogP contribution < -0.4 is 4.90 Å². The van der Waals surface area contributed by atoms with E-state index in [4.69, 9.17) is 16.3 Å². The molecular formula is C17H20ClN3O4. The van der Waals surface area contributed by atoms with Crippen molar-refractivity contribution in [3.05, 3.63) is 29.3 Å². The molecule has 0 unspecified atom stereocenters. The highest BCUT2D eigenvalue weighted by Crippen LogP contribution is 2.27. The van der Waals surface area contributed by atoms with E-state index in [0.29, 0.717) is 10.7 Å². The molecule has 0 N–H and O–H groups in total. The number of carbonyl (C=O) groups excluding carboxylic acids is 3. The van der Waals surface area contributed by atoms with Crippen molar-refractivity contribution in [2.75, 3.05) is 38.4 Å². The van der Waals surface area contributed by atoms with Crippen LogP contribution >= 0.6 is 11.6 Å². The van der Waals surface area contributed by atoms with E-state index >= 15 is 0 Å². The third kappa shape index (κ3) is 4.11. The van der Waals surface area contributed by atoms with Gasteiger partial charge in [-0.15, -0.1) is 0 Å². The molecule has 1 aromatic carbocycles. The summed E-state index contributed by atoms with van der Waals surface area (Å²) in [5.74, 6) is -0.610. The van der Waals surface area contributed by atoms with Gasteiger partial charge in [0.15, 0.2) is 0 Å². The van der Waals surface area contributed by atoms with Gasteiger partial charge in [0.2, 0.25) is 17.7 Å². The van der Waals surface area contributed by atoms with Crippen LogP contribution in [0.3, 0.4) is 0 Å². The van der Waals surface area contributed by atoms with E-state index in [-0.39, 0.29) is 50.1 Å². The summed E-state index contributed by atoms with van der Waals surface area (Å²) in [6, 6.07) is 7.05. The molecule has 3 amide bonds. The number of hydrogen-bond donors (Lipinski definition) is 0. The third-order valence-corrected chi connectivity index (χ3v) is 4.53. The fourth-order valence-corrected chi connectivity index (χ4v) is 3.03. The molecule has 8 heteroatoms. The lowest BCUT2D eigenvalue weighted by molar-refractivity contribution is -0.143. The first-order valence-electron chi connectivity index (χ1n) is 8.11. The van der Waals surface area contributed by atoms with Gasteiger partial charge in [0.1, 0.15) is 26.4 Å². The molecule has 1 heterocycles. The Bertz CT molecular complexity index is 692. The van der Waals surface area contributed by atoms with Crippen molar-refractivity contribution < 1.29 is 19.1 Å². The van der Waals surface area contributed by atoms with Crippen molar-refractivity contribution in [2.24, 2.45) is 0 Å². The Morgan fingerprint density at radius 1 is 1.36 bits per heavy atom. The maximum absolute atomic E-state index is 12.6. The summed E-state index contributed by atoms with van der Waals surface area (Å²) >= 11 is 5.97. The fourth-order valence-electron chi connectivity index (χ4n) is 2.84. The summed E-state index contributed by atoms with van der Waals surface area (Å²) in [5.41, 5.74) is 0.655. The highest BCUT2D eigenvalue weighted by atomic mass is 35.5. The molecule has 0 aromatic heterocycles. The molecule has 0 bridgehead atoms. The van der Waals surface area contributed by atoms with Crippen LogP contribution in [0.25, 0.3) is 0 Å². The molecule has 25 heavy (non-hydrogen) atoms. The molecule has 2 fully saturated rings. The molecule has 1 aliphatic heterocycles. The van der Waals surface area contributed by atoms with E-state index in [9.17, 15) is 14.4 Å². The van der Waals surface area contributed by atoms with E-state index in [2.05, 4.69) is 0 Å². The number of hydrogen-bond acceptors (Lipinski definition) is 4. The van der Waals surface area contributed by atoms with Crippen molar-refractivity contribution in [2.45, 2.75) is 18.9 Å². The third-order valence-electron chi connectivity index (χ3n) is 4.29. The predicted molar refractivity (Wildman–Crippen MR) is 92.1 cm³/mol. The minimum Gasteiger partial charge on any atom is -0.375 e. The molecule has 0 spiro atoms. The van der Waals surface area contributed by atoms with Crippen molar-refractivity contribution in [1.82, 2.24) is 9.80 Å². The number of methoxy groups -OCH3 is 1. The van der Waals surface area contributed by atoms with E-state index in [1.807, 2.05) is 0 Å². The second kappa shape index (κ2) is 7.41. The first kappa shape index (κ1) is 17.7. The predicted octanol–water partition coefficient (Wildman–Crippen LogP) is 1.11. The van der Waals surface area contributed by atoms with Gasteiger partial charge in [-0.05, 0) is 31.0 Å². The van der Waals surface area contributed by atoms with Gasteiger partial charge < -0.3 is 14.5 Å². The summed E-state index contributed by atoms with van der Waals surface area (Å²) in [5, 5.41) is 0.528. The number of amides is 3. The monoisotopic (exact) mass is 365 g/mol. The number of anilines is 1. The summed E-state index contributed by atoms with van der Waals surface area (Å²) in [4.78, 5) is 41.5. The van der Waals surface area contributed by atoms with Crippen LogP contribution in [0.1, 0.15) is 12.8 Å². The van der Waals surface area contributed by atoms with E-state index < -0.39 is 0 Å². The summed E-state index contributed by atoms with van der Waals surface area (Å²) in [7, 11) is 1.45. The summed E-state index contributed by atoms with van der Waals surface area (Å²) < 4.78 is 4.88. The summed E-state index contributed by atoms with van der Waals surface area (Å²) in [6.45, 7) is 0.0954. The van der Waals surface area contributed by atoms with Gasteiger partial charge in [0.25, 0.3) is 0 Å². The molecule has 1 saturated heterocycles. The van der Waals surface area contributed by atoms with Crippen LogP contribution in [-0.4, -0.2) is 67.0 Å². The standard InChI is InChI=1S/C17H20ClN3O4/c1-25-10-17(24)20(13-5-6-13)9-15(22)19-8-16(23)21(11-19)14-4-2-3-12(18)7-14/h2-4,7,13H,5-6,8-11H2,1H3. The molecule has 0 atom stereocenters. The number of rotatable bonds is 6. The lowest BCUT2D eigenvalue weighted by Crippen LogP contribution is -2.44. The first-order chi connectivity index (χ1) is 12.0. The maximum atomic E-state index is 12.6. The molecule has 134 valence electrons. The van der Waals surface area contributed by atoms with Gasteiger partial charge in [0, 0.05) is 23.9 Å². The van der Waals surface area contributed by atoms with Crippen LogP contribution in [0.2, 0.25) is 5.02 Å². The SMILES string of the molecule is COCC(=O)N(CC(=O)N1CC(=O)N(c2cccc(Cl)c2)C1)C1CC1. The average Bonchev–Trinajstić information content (AvgIpc) is 3.34. The molecule has 1 aliphatic carbocycles. The molecule has 3 rings (SSSR count). The Balaban J connectivity index is 1.65. The van der Waals surface area contributed by atoms with Crippen molar-refractivity contribution in [1.29, 1.82) is 0 Å². The Kier molecular flexibility index (Phi) is 5.24. The van der Waals surface area contributed by atoms with Crippen molar-refractivity contribution >= 4 is 35.0 Å². The largest absolute Gasteiger partial charge is 0.375 e. The highest BCUT2D eigenvalue weighted by Gasteiger charge is 2.37. The smallest absolute Gasteiger partial charge is 0.249 e. The van der Waals surface area contributed by atoms with Gasteiger partial charge in [-0.1, -0.05) is 17.7 Å². The van der Waals surface area contributed by atoms with Gasteiger partial charge in [0.05, 0.1) is 0 Å². The van der Waals surface area contributed by atoms with Crippen LogP contribution in [0.5, 0.6) is 0 Å². The average molecular weight is 366 g/mol. The first-order valence-corrected chi connectivity index (χ1v) is 8.49. The maximum Gasteiger partial charge on any atom is 0.249 e. The second-order valence-corrected chi connectivity index (χ2v) is 6.66. The number of benzene rings is 1. The Morgan fingerprint density at radius 3 is 2.76 bits per heavy atom. The zero-order chi connectivity index (χ0) is 18.0.